The molecular formula is C14H29O5P. The Labute approximate surface area is 122 Å². The third-order valence-electron chi connectivity index (χ3n) is 2.24. The first-order valence-corrected chi connectivity index (χ1v) is 8.68. The molecular weight excluding hydrogens is 279 g/mol. The Hall–Kier alpha value is -0.380. The van der Waals surface area contributed by atoms with Gasteiger partial charge in [0.05, 0.1) is 17.4 Å². The van der Waals surface area contributed by atoms with Crippen molar-refractivity contribution in [3.63, 3.8) is 0 Å². The molecule has 1 N–H and O–H groups in total. The Morgan fingerprint density at radius 2 is 1.50 bits per heavy atom. The smallest absolute Gasteiger partial charge is 0.331 e. The molecule has 5 nitrogen and oxygen atoms in total. The lowest BCUT2D eigenvalue weighted by atomic mass is 10.1. The maximum Gasteiger partial charge on any atom is 0.331 e. The van der Waals surface area contributed by atoms with Crippen LogP contribution in [0.15, 0.2) is 0 Å². The molecule has 0 aromatic carbocycles. The van der Waals surface area contributed by atoms with Gasteiger partial charge in [-0.25, -0.2) is 0 Å². The van der Waals surface area contributed by atoms with Gasteiger partial charge in [-0.15, -0.1) is 0 Å². The average Bonchev–Trinajstić information content (AvgIpc) is 2.07. The lowest BCUT2D eigenvalue weighted by Crippen LogP contribution is -2.25. The van der Waals surface area contributed by atoms with E-state index in [4.69, 9.17) is 14.2 Å². The van der Waals surface area contributed by atoms with Crippen LogP contribution in [-0.4, -0.2) is 28.4 Å². The van der Waals surface area contributed by atoms with Crippen LogP contribution in [0.3, 0.4) is 0 Å². The summed E-state index contributed by atoms with van der Waals surface area (Å²) in [6.45, 7) is 12.8. The van der Waals surface area contributed by atoms with Gasteiger partial charge in [-0.2, -0.15) is 0 Å². The quantitative estimate of drug-likeness (QED) is 0.709. The van der Waals surface area contributed by atoms with E-state index in [0.717, 1.165) is 0 Å². The van der Waals surface area contributed by atoms with Gasteiger partial charge in [-0.3, -0.25) is 9.36 Å². The first-order chi connectivity index (χ1) is 8.72. The summed E-state index contributed by atoms with van der Waals surface area (Å²) in [5, 5.41) is 8.75. The fourth-order valence-corrected chi connectivity index (χ4v) is 4.37. The molecule has 0 saturated carbocycles. The Morgan fingerprint density at radius 1 is 1.10 bits per heavy atom. The zero-order chi connectivity index (χ0) is 16.2. The highest BCUT2D eigenvalue weighted by Gasteiger charge is 2.35. The van der Waals surface area contributed by atoms with Gasteiger partial charge in [0.1, 0.15) is 0 Å². The van der Waals surface area contributed by atoms with Crippen LogP contribution in [0.1, 0.15) is 61.3 Å². The van der Waals surface area contributed by atoms with Crippen LogP contribution < -0.4 is 0 Å². The Balaban J connectivity index is 4.78. The molecule has 0 amide bonds. The van der Waals surface area contributed by atoms with Crippen LogP contribution in [0, 0.1) is 5.92 Å². The predicted octanol–water partition coefficient (Wildman–Crippen LogP) is 4.31. The normalized spacial score (nSPS) is 15.2. The van der Waals surface area contributed by atoms with E-state index in [-0.39, 0.29) is 18.5 Å². The third kappa shape index (κ3) is 10.4. The van der Waals surface area contributed by atoms with E-state index in [0.29, 0.717) is 6.42 Å². The van der Waals surface area contributed by atoms with Gasteiger partial charge in [0.15, 0.2) is 0 Å². The third-order valence-corrected chi connectivity index (χ3v) is 4.70. The summed E-state index contributed by atoms with van der Waals surface area (Å²) in [4.78, 5) is 10.7. The van der Waals surface area contributed by atoms with Crippen molar-refractivity contribution in [1.29, 1.82) is 0 Å². The second-order valence-electron chi connectivity index (χ2n) is 7.23. The van der Waals surface area contributed by atoms with Crippen molar-refractivity contribution in [2.24, 2.45) is 5.92 Å². The number of hydrogen-bond donors (Lipinski definition) is 1. The molecule has 0 aliphatic heterocycles. The van der Waals surface area contributed by atoms with Crippen LogP contribution in [0.5, 0.6) is 0 Å². The molecule has 0 aliphatic rings. The second-order valence-corrected chi connectivity index (χ2v) is 9.27. The minimum atomic E-state index is -3.25. The second kappa shape index (κ2) is 7.06. The van der Waals surface area contributed by atoms with Crippen LogP contribution in [0.2, 0.25) is 0 Å². The van der Waals surface area contributed by atoms with E-state index in [9.17, 15) is 9.36 Å². The molecule has 1 unspecified atom stereocenters. The van der Waals surface area contributed by atoms with Crippen molar-refractivity contribution in [1.82, 2.24) is 0 Å². The number of hydrogen-bond acceptors (Lipinski definition) is 4. The van der Waals surface area contributed by atoms with Crippen molar-refractivity contribution >= 4 is 13.6 Å². The molecule has 0 aromatic heterocycles. The van der Waals surface area contributed by atoms with Gasteiger partial charge in [0, 0.05) is 6.42 Å². The molecule has 0 aromatic rings. The highest BCUT2D eigenvalue weighted by molar-refractivity contribution is 7.53. The highest BCUT2D eigenvalue weighted by Crippen LogP contribution is 2.55. The van der Waals surface area contributed by atoms with Gasteiger partial charge >= 0.3 is 13.6 Å². The van der Waals surface area contributed by atoms with E-state index < -0.39 is 24.8 Å². The van der Waals surface area contributed by atoms with Gasteiger partial charge < -0.3 is 14.2 Å². The van der Waals surface area contributed by atoms with Gasteiger partial charge in [-0.05, 0) is 53.9 Å². The zero-order valence-electron chi connectivity index (χ0n) is 13.7. The Kier molecular flexibility index (Phi) is 6.92. The monoisotopic (exact) mass is 308 g/mol. The summed E-state index contributed by atoms with van der Waals surface area (Å²) >= 11 is 0. The average molecular weight is 308 g/mol. The van der Waals surface area contributed by atoms with Crippen LogP contribution in [0.25, 0.3) is 0 Å². The van der Waals surface area contributed by atoms with Crippen molar-refractivity contribution in [2.45, 2.75) is 72.5 Å². The largest absolute Gasteiger partial charge is 0.481 e. The summed E-state index contributed by atoms with van der Waals surface area (Å²) in [6, 6.07) is 0. The van der Waals surface area contributed by atoms with Gasteiger partial charge in [0.2, 0.25) is 0 Å². The number of carboxylic acid groups (broad SMARTS) is 1. The first kappa shape index (κ1) is 19.6. The highest BCUT2D eigenvalue weighted by atomic mass is 31.2. The maximum atomic E-state index is 12.8. The Bertz CT molecular complexity index is 345. The summed E-state index contributed by atoms with van der Waals surface area (Å²) in [6.07, 6.45) is 0.788. The Morgan fingerprint density at radius 3 is 1.80 bits per heavy atom. The van der Waals surface area contributed by atoms with Crippen LogP contribution >= 0.6 is 7.60 Å². The topological polar surface area (TPSA) is 72.8 Å². The summed E-state index contributed by atoms with van der Waals surface area (Å²) in [5.74, 6) is -0.909. The van der Waals surface area contributed by atoms with Crippen molar-refractivity contribution < 1.29 is 23.5 Å². The van der Waals surface area contributed by atoms with E-state index >= 15 is 0 Å². The minimum Gasteiger partial charge on any atom is -0.481 e. The molecule has 1 atom stereocenters. The fourth-order valence-electron chi connectivity index (χ4n) is 1.72. The molecule has 0 bridgehead atoms. The standard InChI is InChI=1S/C14H29O5P/c1-11(10-12(15)16)8-9-20(17,18-13(2,3)4)19-14(5,6)7/h11H,8-10H2,1-7H3,(H,15,16). The van der Waals surface area contributed by atoms with E-state index in [1.807, 2.05) is 48.5 Å². The molecule has 0 fully saturated rings. The SMILES string of the molecule is CC(CCP(=O)(OC(C)(C)C)OC(C)(C)C)CC(=O)O. The lowest BCUT2D eigenvalue weighted by molar-refractivity contribution is -0.138. The zero-order valence-corrected chi connectivity index (χ0v) is 14.6. The fraction of sp³-hybridized carbons (Fsp3) is 0.929. The number of carbonyl (C=O) groups is 1. The van der Waals surface area contributed by atoms with Crippen molar-refractivity contribution in [3.8, 4) is 0 Å². The van der Waals surface area contributed by atoms with Crippen LogP contribution in [-0.2, 0) is 18.4 Å². The van der Waals surface area contributed by atoms with E-state index in [1.165, 1.54) is 0 Å². The number of rotatable bonds is 7. The van der Waals surface area contributed by atoms with Gasteiger partial charge in [0.25, 0.3) is 0 Å². The molecule has 6 heteroatoms. The van der Waals surface area contributed by atoms with Crippen molar-refractivity contribution in [3.05, 3.63) is 0 Å². The molecule has 0 rings (SSSR count). The van der Waals surface area contributed by atoms with E-state index in [2.05, 4.69) is 0 Å². The molecule has 120 valence electrons. The molecule has 0 aliphatic carbocycles. The number of carboxylic acids is 1. The molecule has 0 spiro atoms. The summed E-state index contributed by atoms with van der Waals surface area (Å²) < 4.78 is 24.1. The van der Waals surface area contributed by atoms with Crippen molar-refractivity contribution in [2.75, 3.05) is 6.16 Å². The first-order valence-electron chi connectivity index (χ1n) is 6.95. The lowest BCUT2D eigenvalue weighted by Gasteiger charge is -2.32. The summed E-state index contributed by atoms with van der Waals surface area (Å²) in [5.41, 5.74) is -1.15. The molecule has 20 heavy (non-hydrogen) atoms. The van der Waals surface area contributed by atoms with Crippen LogP contribution in [0.4, 0.5) is 0 Å². The summed E-state index contributed by atoms with van der Waals surface area (Å²) in [7, 11) is -3.25. The van der Waals surface area contributed by atoms with E-state index in [1.54, 1.807) is 0 Å². The molecule has 0 saturated heterocycles. The maximum absolute atomic E-state index is 12.8. The minimum absolute atomic E-state index is 0.0606. The molecule has 0 radical (unpaired) electrons. The van der Waals surface area contributed by atoms with Gasteiger partial charge in [-0.1, -0.05) is 6.92 Å². The number of aliphatic carboxylic acids is 1. The predicted molar refractivity (Wildman–Crippen MR) is 80.2 cm³/mol. The molecule has 0 heterocycles.